The van der Waals surface area contributed by atoms with Crippen molar-refractivity contribution in [3.05, 3.63) is 148 Å². The fourth-order valence-electron chi connectivity index (χ4n) is 3.90. The van der Waals surface area contributed by atoms with Crippen molar-refractivity contribution in [1.29, 1.82) is 0 Å². The van der Waals surface area contributed by atoms with Crippen LogP contribution in [-0.2, 0) is 19.2 Å². The molecule has 0 aliphatic heterocycles. The van der Waals surface area contributed by atoms with Crippen molar-refractivity contribution >= 4 is 54.0 Å². The Labute approximate surface area is 242 Å². The number of hydrogen-bond acceptors (Lipinski definition) is 0. The van der Waals surface area contributed by atoms with Gasteiger partial charge in [0.1, 0.15) is 0 Å². The molecule has 2 radical (unpaired) electrons. The number of rotatable bonds is 2. The third-order valence-corrected chi connectivity index (χ3v) is 5.45. The van der Waals surface area contributed by atoms with Gasteiger partial charge in [0.05, 0.1) is 0 Å². The van der Waals surface area contributed by atoms with Crippen LogP contribution in [0.4, 0.5) is 0 Å². The Morgan fingerprint density at radius 3 is 1.08 bits per heavy atom. The summed E-state index contributed by atoms with van der Waals surface area (Å²) >= 11 is 1.81. The molecule has 0 spiro atoms. The van der Waals surface area contributed by atoms with Gasteiger partial charge in [-0.1, -0.05) is 108 Å². The number of benzene rings is 4. The molecule has 0 atom stereocenters. The van der Waals surface area contributed by atoms with Crippen LogP contribution in [0.5, 0.6) is 0 Å². The standard InChI is InChI=1S/2C15H11.2CH3.2ClH.Si.Ti/c2*1-2-6-12(7-3-1)15-10-13-8-4-5-9-14(13)11-15;;;;;;/h2*1-11H;2*1H3;2*1H;;/q4*-1;;;;. The van der Waals surface area contributed by atoms with Crippen LogP contribution >= 0.6 is 24.8 Å². The van der Waals surface area contributed by atoms with Crippen LogP contribution in [0.25, 0.3) is 43.8 Å². The van der Waals surface area contributed by atoms with Gasteiger partial charge in [-0.25, -0.2) is 0 Å². The molecular formula is C32H30Cl2SiTi-4. The molecule has 0 aliphatic carbocycles. The third kappa shape index (κ3) is 8.34. The molecule has 6 aromatic rings. The molecule has 0 N–H and O–H groups in total. The first-order valence-electron chi connectivity index (χ1n) is 10.5. The van der Waals surface area contributed by atoms with Gasteiger partial charge < -0.3 is 14.9 Å². The molecule has 0 aromatic heterocycles. The average molecular weight is 561 g/mol. The molecule has 0 amide bonds. The van der Waals surface area contributed by atoms with Gasteiger partial charge in [0.2, 0.25) is 0 Å². The van der Waals surface area contributed by atoms with Gasteiger partial charge in [-0.15, -0.1) is 93.9 Å². The fraction of sp³-hybridized carbons (Fsp3) is 0. The van der Waals surface area contributed by atoms with Crippen molar-refractivity contribution in [1.82, 2.24) is 0 Å². The molecule has 184 valence electrons. The zero-order chi connectivity index (χ0) is 22.2. The van der Waals surface area contributed by atoms with Gasteiger partial charge in [-0.3, -0.25) is 0 Å². The molecular weight excluding hydrogens is 531 g/mol. The van der Waals surface area contributed by atoms with Crippen molar-refractivity contribution in [3.8, 4) is 22.3 Å². The monoisotopic (exact) mass is 560 g/mol. The van der Waals surface area contributed by atoms with E-state index >= 15 is 0 Å². The molecule has 0 fully saturated rings. The zero-order valence-corrected chi connectivity index (χ0v) is 24.7. The SMILES string of the molecule is Cl.Cl.[CH3-].[CH3-].[Si]=[Ti].c1ccc(-c2cc3ccccc3[cH-]2)cc1.c1ccc(-c2cc3ccccc3[cH-]2)cc1. The van der Waals surface area contributed by atoms with E-state index in [1.54, 1.807) is 19.2 Å². The molecule has 0 unspecified atom stereocenters. The van der Waals surface area contributed by atoms with Gasteiger partial charge in [0, 0.05) is 0 Å². The van der Waals surface area contributed by atoms with Crippen LogP contribution in [0.1, 0.15) is 0 Å². The van der Waals surface area contributed by atoms with Crippen LogP contribution in [0.2, 0.25) is 0 Å². The number of fused-ring (bicyclic) bond motifs is 2. The van der Waals surface area contributed by atoms with Gasteiger partial charge in [-0.05, 0) is 0 Å². The van der Waals surface area contributed by atoms with Gasteiger partial charge >= 0.3 is 26.8 Å². The Kier molecular flexibility index (Phi) is 16.0. The third-order valence-electron chi connectivity index (χ3n) is 5.45. The van der Waals surface area contributed by atoms with E-state index in [1.165, 1.54) is 43.8 Å². The second-order valence-electron chi connectivity index (χ2n) is 7.48. The van der Waals surface area contributed by atoms with E-state index in [0.717, 1.165) is 0 Å². The first-order chi connectivity index (χ1) is 15.9. The predicted molar refractivity (Wildman–Crippen MR) is 163 cm³/mol. The molecule has 0 saturated heterocycles. The van der Waals surface area contributed by atoms with E-state index in [0.29, 0.717) is 0 Å². The maximum Gasteiger partial charge on any atom is -0.0635 e. The van der Waals surface area contributed by atoms with E-state index < -0.39 is 0 Å². The Balaban J connectivity index is 0.000000577. The maximum atomic E-state index is 2.97. The Morgan fingerprint density at radius 1 is 0.444 bits per heavy atom. The molecule has 6 aromatic carbocycles. The minimum atomic E-state index is 0. The topological polar surface area (TPSA) is 0 Å². The second kappa shape index (κ2) is 17.1. The van der Waals surface area contributed by atoms with E-state index in [4.69, 9.17) is 0 Å². The Hall–Kier alpha value is -2.39. The number of hydrogen-bond donors (Lipinski definition) is 0. The van der Waals surface area contributed by atoms with Crippen molar-refractivity contribution in [3.63, 3.8) is 0 Å². The van der Waals surface area contributed by atoms with Crippen molar-refractivity contribution in [2.75, 3.05) is 0 Å². The quantitative estimate of drug-likeness (QED) is 0.146. The van der Waals surface area contributed by atoms with Crippen LogP contribution in [0, 0.1) is 14.9 Å². The van der Waals surface area contributed by atoms with Crippen molar-refractivity contribution in [2.45, 2.75) is 0 Å². The molecule has 4 heteroatoms. The zero-order valence-electron chi connectivity index (χ0n) is 20.5. The van der Waals surface area contributed by atoms with Gasteiger partial charge in [0.15, 0.2) is 0 Å². The summed E-state index contributed by atoms with van der Waals surface area (Å²) in [6, 6.07) is 46.9. The second-order valence-corrected chi connectivity index (χ2v) is 7.48. The average Bonchev–Trinajstić information content (AvgIpc) is 3.51. The summed E-state index contributed by atoms with van der Waals surface area (Å²) in [5, 5.41) is 5.26. The summed E-state index contributed by atoms with van der Waals surface area (Å²) < 4.78 is 0. The van der Waals surface area contributed by atoms with Crippen molar-refractivity contribution in [2.24, 2.45) is 0 Å². The summed E-state index contributed by atoms with van der Waals surface area (Å²) in [6.07, 6.45) is 0. The smallest absolute Gasteiger partial charge is 0.0635 e. The Morgan fingerprint density at radius 2 is 0.750 bits per heavy atom. The molecule has 0 saturated carbocycles. The van der Waals surface area contributed by atoms with E-state index in [2.05, 4.69) is 129 Å². The first kappa shape index (κ1) is 33.6. The minimum absolute atomic E-state index is 0. The molecule has 0 aliphatic rings. The molecule has 0 bridgehead atoms. The van der Waals surface area contributed by atoms with Crippen LogP contribution in [-0.4, -0.2) is 7.63 Å². The normalized spacial score (nSPS) is 8.97. The van der Waals surface area contributed by atoms with Crippen LogP contribution in [0.3, 0.4) is 0 Å². The predicted octanol–water partition coefficient (Wildman–Crippen LogP) is 9.81. The minimum Gasteiger partial charge on any atom is -0.145 e. The van der Waals surface area contributed by atoms with E-state index in [-0.39, 0.29) is 39.7 Å². The number of halogens is 2. The Bertz CT molecular complexity index is 1230. The van der Waals surface area contributed by atoms with Gasteiger partial charge in [-0.2, -0.15) is 0 Å². The van der Waals surface area contributed by atoms with E-state index in [9.17, 15) is 0 Å². The molecule has 36 heavy (non-hydrogen) atoms. The van der Waals surface area contributed by atoms with Crippen LogP contribution < -0.4 is 0 Å². The summed E-state index contributed by atoms with van der Waals surface area (Å²) in [4.78, 5) is 0. The summed E-state index contributed by atoms with van der Waals surface area (Å²) in [5.74, 6) is 0. The fourth-order valence-corrected chi connectivity index (χ4v) is 3.90. The van der Waals surface area contributed by atoms with Crippen molar-refractivity contribution < 1.29 is 19.2 Å². The van der Waals surface area contributed by atoms with Gasteiger partial charge in [0.25, 0.3) is 0 Å². The summed E-state index contributed by atoms with van der Waals surface area (Å²) in [5.41, 5.74) is 5.18. The molecule has 6 rings (SSSR count). The maximum absolute atomic E-state index is 2.97. The van der Waals surface area contributed by atoms with Crippen LogP contribution in [0.15, 0.2) is 133 Å². The van der Waals surface area contributed by atoms with E-state index in [1.807, 2.05) is 12.1 Å². The first-order valence-corrected chi connectivity index (χ1v) is 13.4. The molecule has 0 heterocycles. The largest absolute Gasteiger partial charge is 0.145 e. The summed E-state index contributed by atoms with van der Waals surface area (Å²) in [7, 11) is 2.97. The summed E-state index contributed by atoms with van der Waals surface area (Å²) in [6.45, 7) is 0. The molecule has 0 nitrogen and oxygen atoms in total.